The van der Waals surface area contributed by atoms with Crippen LogP contribution in [0, 0.1) is 5.92 Å². The minimum Gasteiger partial charge on any atom is -0.381 e. The Hall–Kier alpha value is -1.92. The summed E-state index contributed by atoms with van der Waals surface area (Å²) in [5.41, 5.74) is 1.89. The summed E-state index contributed by atoms with van der Waals surface area (Å²) in [6.45, 7) is 5.88. The summed E-state index contributed by atoms with van der Waals surface area (Å²) < 4.78 is 11.0. The molecule has 6 heteroatoms. The van der Waals surface area contributed by atoms with Crippen molar-refractivity contribution < 1.29 is 9.47 Å². The van der Waals surface area contributed by atoms with Gasteiger partial charge in [-0.15, -0.1) is 0 Å². The van der Waals surface area contributed by atoms with Gasteiger partial charge in [0.05, 0.1) is 30.9 Å². The van der Waals surface area contributed by atoms with Crippen molar-refractivity contribution in [2.45, 2.75) is 6.42 Å². The van der Waals surface area contributed by atoms with Crippen LogP contribution in [0.4, 0.5) is 11.6 Å². The van der Waals surface area contributed by atoms with Crippen molar-refractivity contribution >= 4 is 22.7 Å². The molecule has 24 heavy (non-hydrogen) atoms. The van der Waals surface area contributed by atoms with E-state index in [1.165, 1.54) is 0 Å². The average molecular weight is 328 g/mol. The molecule has 0 N–H and O–H groups in total. The lowest BCUT2D eigenvalue weighted by atomic mass is 10.1. The van der Waals surface area contributed by atoms with Gasteiger partial charge >= 0.3 is 0 Å². The predicted molar refractivity (Wildman–Crippen MR) is 94.8 cm³/mol. The van der Waals surface area contributed by atoms with Gasteiger partial charge in [0.25, 0.3) is 0 Å². The number of benzene rings is 1. The number of fused-ring (bicyclic) bond motifs is 1. The van der Waals surface area contributed by atoms with Gasteiger partial charge in [-0.2, -0.15) is 0 Å². The Bertz CT molecular complexity index is 696. The molecule has 6 nitrogen and oxygen atoms in total. The zero-order valence-corrected chi connectivity index (χ0v) is 14.1. The van der Waals surface area contributed by atoms with Crippen molar-refractivity contribution in [3.63, 3.8) is 0 Å². The largest absolute Gasteiger partial charge is 0.381 e. The second-order valence-corrected chi connectivity index (χ2v) is 6.57. The fourth-order valence-electron chi connectivity index (χ4n) is 3.43. The number of rotatable bonds is 4. The molecule has 0 amide bonds. The molecule has 128 valence electrons. The highest BCUT2D eigenvalue weighted by molar-refractivity contribution is 5.80. The Kier molecular flexibility index (Phi) is 4.49. The molecule has 0 aliphatic carbocycles. The Morgan fingerprint density at radius 3 is 2.54 bits per heavy atom. The number of ether oxygens (including phenoxy) is 2. The highest BCUT2D eigenvalue weighted by Gasteiger charge is 2.24. The molecular weight excluding hydrogens is 304 g/mol. The van der Waals surface area contributed by atoms with Crippen LogP contribution in [-0.4, -0.2) is 63.1 Å². The third-order valence-electron chi connectivity index (χ3n) is 4.76. The van der Waals surface area contributed by atoms with Crippen LogP contribution in [0.25, 0.3) is 11.0 Å². The smallest absolute Gasteiger partial charge is 0.172 e. The van der Waals surface area contributed by atoms with E-state index >= 15 is 0 Å². The quantitative estimate of drug-likeness (QED) is 0.855. The first kappa shape index (κ1) is 15.6. The van der Waals surface area contributed by atoms with Gasteiger partial charge in [-0.1, -0.05) is 12.1 Å². The summed E-state index contributed by atoms with van der Waals surface area (Å²) in [4.78, 5) is 14.4. The molecule has 4 rings (SSSR count). The normalized spacial score (nSPS) is 21.4. The first-order valence-electron chi connectivity index (χ1n) is 8.69. The van der Waals surface area contributed by atoms with E-state index in [-0.39, 0.29) is 0 Å². The summed E-state index contributed by atoms with van der Waals surface area (Å²) in [5, 5.41) is 0. The summed E-state index contributed by atoms with van der Waals surface area (Å²) in [6, 6.07) is 8.09. The zero-order valence-electron chi connectivity index (χ0n) is 14.1. The zero-order chi connectivity index (χ0) is 16.4. The molecule has 0 spiro atoms. The van der Waals surface area contributed by atoms with Crippen LogP contribution in [0.15, 0.2) is 24.3 Å². The minimum atomic E-state index is 0.570. The molecule has 2 aliphatic rings. The van der Waals surface area contributed by atoms with Gasteiger partial charge in [0.2, 0.25) is 0 Å². The van der Waals surface area contributed by atoms with E-state index in [0.29, 0.717) is 5.92 Å². The summed E-state index contributed by atoms with van der Waals surface area (Å²) in [5.74, 6) is 2.50. The molecule has 0 bridgehead atoms. The molecule has 2 fully saturated rings. The second kappa shape index (κ2) is 6.91. The van der Waals surface area contributed by atoms with Gasteiger partial charge in [-0.3, -0.25) is 0 Å². The van der Waals surface area contributed by atoms with E-state index in [0.717, 1.165) is 75.2 Å². The molecule has 2 aromatic rings. The highest BCUT2D eigenvalue weighted by Crippen LogP contribution is 2.29. The molecule has 2 saturated heterocycles. The van der Waals surface area contributed by atoms with Crippen molar-refractivity contribution in [3.05, 3.63) is 24.3 Å². The lowest BCUT2D eigenvalue weighted by Crippen LogP contribution is -2.38. The van der Waals surface area contributed by atoms with Crippen molar-refractivity contribution in [1.82, 2.24) is 9.97 Å². The molecule has 3 heterocycles. The van der Waals surface area contributed by atoms with Gasteiger partial charge in [0.15, 0.2) is 11.6 Å². The molecule has 0 saturated carbocycles. The fraction of sp³-hybridized carbons (Fsp3) is 0.556. The molecular formula is C18H24N4O2. The molecule has 1 unspecified atom stereocenters. The average Bonchev–Trinajstić information content (AvgIpc) is 3.14. The van der Waals surface area contributed by atoms with Crippen molar-refractivity contribution in [3.8, 4) is 0 Å². The van der Waals surface area contributed by atoms with Crippen LogP contribution < -0.4 is 9.80 Å². The van der Waals surface area contributed by atoms with E-state index in [1.54, 1.807) is 0 Å². The Labute approximate surface area is 142 Å². The fourth-order valence-corrected chi connectivity index (χ4v) is 3.43. The second-order valence-electron chi connectivity index (χ2n) is 6.57. The van der Waals surface area contributed by atoms with Crippen LogP contribution in [0.2, 0.25) is 0 Å². The Morgan fingerprint density at radius 1 is 1.08 bits per heavy atom. The summed E-state index contributed by atoms with van der Waals surface area (Å²) >= 11 is 0. The molecule has 1 aromatic heterocycles. The van der Waals surface area contributed by atoms with Gasteiger partial charge < -0.3 is 19.3 Å². The van der Waals surface area contributed by atoms with Gasteiger partial charge in [-0.25, -0.2) is 9.97 Å². The van der Waals surface area contributed by atoms with Crippen LogP contribution >= 0.6 is 0 Å². The number of morpholine rings is 1. The maximum absolute atomic E-state index is 5.52. The Balaban J connectivity index is 1.69. The minimum absolute atomic E-state index is 0.570. The van der Waals surface area contributed by atoms with Gasteiger partial charge in [-0.05, 0) is 18.6 Å². The first-order chi connectivity index (χ1) is 11.8. The van der Waals surface area contributed by atoms with Crippen LogP contribution in [0.1, 0.15) is 6.42 Å². The summed E-state index contributed by atoms with van der Waals surface area (Å²) in [7, 11) is 2.11. The predicted octanol–water partition coefficient (Wildman–Crippen LogP) is 1.94. The van der Waals surface area contributed by atoms with Gasteiger partial charge in [0.1, 0.15) is 0 Å². The monoisotopic (exact) mass is 328 g/mol. The maximum Gasteiger partial charge on any atom is 0.172 e. The van der Waals surface area contributed by atoms with Crippen LogP contribution in [-0.2, 0) is 9.47 Å². The van der Waals surface area contributed by atoms with E-state index in [1.807, 2.05) is 24.3 Å². The number of nitrogens with zero attached hydrogens (tertiary/aromatic N) is 4. The Morgan fingerprint density at radius 2 is 1.83 bits per heavy atom. The van der Waals surface area contributed by atoms with E-state index in [2.05, 4.69) is 16.8 Å². The number of para-hydroxylation sites is 2. The lowest BCUT2D eigenvalue weighted by Gasteiger charge is -2.32. The summed E-state index contributed by atoms with van der Waals surface area (Å²) in [6.07, 6.45) is 1.12. The highest BCUT2D eigenvalue weighted by atomic mass is 16.5. The molecule has 1 atom stereocenters. The molecule has 1 aromatic carbocycles. The number of hydrogen-bond acceptors (Lipinski definition) is 6. The third kappa shape index (κ3) is 3.16. The lowest BCUT2D eigenvalue weighted by molar-refractivity contribution is 0.122. The molecule has 2 aliphatic heterocycles. The molecule has 0 radical (unpaired) electrons. The van der Waals surface area contributed by atoms with E-state index in [9.17, 15) is 0 Å². The van der Waals surface area contributed by atoms with Gasteiger partial charge in [0, 0.05) is 39.2 Å². The third-order valence-corrected chi connectivity index (χ3v) is 4.76. The SMILES string of the molecule is CN(CC1CCOC1)c1nc2ccccc2nc1N1CCOCC1. The topological polar surface area (TPSA) is 50.7 Å². The van der Waals surface area contributed by atoms with Crippen LogP contribution in [0.5, 0.6) is 0 Å². The van der Waals surface area contributed by atoms with E-state index in [4.69, 9.17) is 19.4 Å². The number of hydrogen-bond donors (Lipinski definition) is 0. The maximum atomic E-state index is 5.52. The standard InChI is InChI=1S/C18H24N4O2/c1-21(12-14-6-9-24-13-14)17-18(22-7-10-23-11-8-22)20-16-5-3-2-4-15(16)19-17/h2-5,14H,6-13H2,1H3. The van der Waals surface area contributed by atoms with Crippen molar-refractivity contribution in [2.75, 3.05) is 62.9 Å². The van der Waals surface area contributed by atoms with Crippen LogP contribution in [0.3, 0.4) is 0 Å². The number of aromatic nitrogens is 2. The first-order valence-corrected chi connectivity index (χ1v) is 8.69. The van der Waals surface area contributed by atoms with Crippen molar-refractivity contribution in [2.24, 2.45) is 5.92 Å². The van der Waals surface area contributed by atoms with E-state index < -0.39 is 0 Å². The van der Waals surface area contributed by atoms with Crippen molar-refractivity contribution in [1.29, 1.82) is 0 Å². The number of anilines is 2.